The molecule has 2 aromatic heterocycles. The van der Waals surface area contributed by atoms with Crippen molar-refractivity contribution in [2.75, 3.05) is 0 Å². The molecule has 0 saturated carbocycles. The predicted octanol–water partition coefficient (Wildman–Crippen LogP) is 6.02. The molecule has 162 valence electrons. The summed E-state index contributed by atoms with van der Waals surface area (Å²) in [5.74, 6) is 0.955. The molecule has 0 bridgehead atoms. The van der Waals surface area contributed by atoms with Gasteiger partial charge in [0.2, 0.25) is 0 Å². The van der Waals surface area contributed by atoms with Crippen molar-refractivity contribution >= 4 is 11.2 Å². The van der Waals surface area contributed by atoms with Crippen LogP contribution in [0.2, 0.25) is 0 Å². The lowest BCUT2D eigenvalue weighted by Gasteiger charge is -2.09. The van der Waals surface area contributed by atoms with Crippen molar-refractivity contribution in [2.45, 2.75) is 123 Å². The van der Waals surface area contributed by atoms with E-state index < -0.39 is 0 Å². The van der Waals surface area contributed by atoms with Gasteiger partial charge in [-0.05, 0) is 19.3 Å². The molecule has 3 rings (SSSR count). The number of fused-ring (bicyclic) bond motifs is 2. The summed E-state index contributed by atoms with van der Waals surface area (Å²) in [6, 6.07) is 0. The Morgan fingerprint density at radius 3 is 2.21 bits per heavy atom. The third-order valence-corrected chi connectivity index (χ3v) is 6.34. The van der Waals surface area contributed by atoms with E-state index in [-0.39, 0.29) is 5.56 Å². The molecule has 0 N–H and O–H groups in total. The van der Waals surface area contributed by atoms with E-state index in [9.17, 15) is 4.79 Å². The molecule has 1 aliphatic rings. The largest absolute Gasteiger partial charge is 0.315 e. The average Bonchev–Trinajstić information content (AvgIpc) is 2.97. The molecule has 29 heavy (non-hydrogen) atoms. The number of rotatable bonds is 13. The number of aryl methyl sites for hydroxylation is 2. The fraction of sp³-hybridized carbons (Fsp3) is 0.792. The summed E-state index contributed by atoms with van der Waals surface area (Å²) >= 11 is 0. The lowest BCUT2D eigenvalue weighted by atomic mass is 10.1. The van der Waals surface area contributed by atoms with Crippen LogP contribution in [0.15, 0.2) is 11.1 Å². The molecular weight excluding hydrogens is 360 g/mol. The third kappa shape index (κ3) is 6.42. The molecular formula is C24H40N4O. The molecule has 0 atom stereocenters. The van der Waals surface area contributed by atoms with E-state index in [1.807, 2.05) is 10.9 Å². The Kier molecular flexibility index (Phi) is 9.23. The normalized spacial score (nSPS) is 14.2. The second-order valence-electron chi connectivity index (χ2n) is 8.79. The molecule has 5 nitrogen and oxygen atoms in total. The van der Waals surface area contributed by atoms with E-state index in [0.717, 1.165) is 50.2 Å². The quantitative estimate of drug-likeness (QED) is 0.386. The molecule has 0 amide bonds. The van der Waals surface area contributed by atoms with E-state index in [4.69, 9.17) is 4.98 Å². The Morgan fingerprint density at radius 1 is 0.862 bits per heavy atom. The van der Waals surface area contributed by atoms with Gasteiger partial charge in [-0.25, -0.2) is 9.97 Å². The average molecular weight is 401 g/mol. The first-order valence-corrected chi connectivity index (χ1v) is 12.3. The molecule has 0 unspecified atom stereocenters. The molecule has 2 aromatic rings. The van der Waals surface area contributed by atoms with Crippen molar-refractivity contribution in [1.82, 2.24) is 19.1 Å². The molecule has 3 heterocycles. The van der Waals surface area contributed by atoms with Crippen molar-refractivity contribution in [2.24, 2.45) is 0 Å². The van der Waals surface area contributed by atoms with Crippen LogP contribution < -0.4 is 5.56 Å². The summed E-state index contributed by atoms with van der Waals surface area (Å²) < 4.78 is 3.95. The van der Waals surface area contributed by atoms with Gasteiger partial charge in [0.15, 0.2) is 11.2 Å². The molecule has 0 aliphatic carbocycles. The van der Waals surface area contributed by atoms with Crippen LogP contribution in [-0.4, -0.2) is 19.1 Å². The fourth-order valence-electron chi connectivity index (χ4n) is 4.51. The van der Waals surface area contributed by atoms with E-state index in [2.05, 4.69) is 16.5 Å². The van der Waals surface area contributed by atoms with Gasteiger partial charge in [-0.3, -0.25) is 9.36 Å². The highest BCUT2D eigenvalue weighted by molar-refractivity contribution is 5.69. The minimum atomic E-state index is 0.0559. The van der Waals surface area contributed by atoms with Gasteiger partial charge in [-0.1, -0.05) is 84.0 Å². The second kappa shape index (κ2) is 12.1. The molecule has 0 spiro atoms. The van der Waals surface area contributed by atoms with Crippen molar-refractivity contribution in [3.8, 4) is 0 Å². The number of nitrogens with zero attached hydrogens (tertiary/aromatic N) is 4. The van der Waals surface area contributed by atoms with Crippen LogP contribution in [-0.2, 0) is 19.5 Å². The number of aromatic nitrogens is 4. The smallest absolute Gasteiger partial charge is 0.281 e. The summed E-state index contributed by atoms with van der Waals surface area (Å²) in [4.78, 5) is 22.0. The lowest BCUT2D eigenvalue weighted by molar-refractivity contribution is 0.530. The zero-order chi connectivity index (χ0) is 20.3. The van der Waals surface area contributed by atoms with Crippen LogP contribution in [0.3, 0.4) is 0 Å². The molecule has 5 heteroatoms. The summed E-state index contributed by atoms with van der Waals surface area (Å²) in [6.07, 6.45) is 22.4. The maximum Gasteiger partial charge on any atom is 0.281 e. The molecule has 1 aliphatic heterocycles. The third-order valence-electron chi connectivity index (χ3n) is 6.34. The van der Waals surface area contributed by atoms with Crippen molar-refractivity contribution in [3.05, 3.63) is 22.5 Å². The highest BCUT2D eigenvalue weighted by Gasteiger charge is 2.16. The molecule has 0 radical (unpaired) electrons. The fourth-order valence-corrected chi connectivity index (χ4v) is 4.51. The molecule has 0 saturated heterocycles. The van der Waals surface area contributed by atoms with Gasteiger partial charge in [0, 0.05) is 19.5 Å². The van der Waals surface area contributed by atoms with Gasteiger partial charge in [0.1, 0.15) is 5.82 Å². The Bertz CT molecular complexity index is 792. The minimum absolute atomic E-state index is 0.0559. The maximum atomic E-state index is 12.8. The van der Waals surface area contributed by atoms with Crippen molar-refractivity contribution in [3.63, 3.8) is 0 Å². The van der Waals surface area contributed by atoms with E-state index >= 15 is 0 Å². The van der Waals surface area contributed by atoms with Gasteiger partial charge >= 0.3 is 0 Å². The Labute approximate surface area is 175 Å². The van der Waals surface area contributed by atoms with Crippen LogP contribution in [0.25, 0.3) is 11.2 Å². The van der Waals surface area contributed by atoms with Gasteiger partial charge in [-0.2, -0.15) is 0 Å². The van der Waals surface area contributed by atoms with Gasteiger partial charge in [0.05, 0.1) is 6.33 Å². The van der Waals surface area contributed by atoms with Crippen LogP contribution in [0.5, 0.6) is 0 Å². The van der Waals surface area contributed by atoms with Crippen LogP contribution in [0.4, 0.5) is 0 Å². The first kappa shape index (κ1) is 22.0. The minimum Gasteiger partial charge on any atom is -0.315 e. The zero-order valence-electron chi connectivity index (χ0n) is 18.5. The van der Waals surface area contributed by atoms with E-state index in [1.54, 1.807) is 0 Å². The number of unbranched alkanes of at least 4 members (excludes halogenated alkanes) is 11. The highest BCUT2D eigenvalue weighted by Crippen LogP contribution is 2.16. The standard InChI is InChI=1S/C24H40N4O/c1-2-3-4-5-6-7-8-9-10-11-12-15-18-27-20-25-22-23(27)26-21-17-14-13-16-19-28(21)24(22)29/h20H,2-19H2,1H3. The van der Waals surface area contributed by atoms with Crippen LogP contribution in [0.1, 0.15) is 109 Å². The predicted molar refractivity (Wildman–Crippen MR) is 120 cm³/mol. The lowest BCUT2D eigenvalue weighted by Crippen LogP contribution is -2.25. The van der Waals surface area contributed by atoms with Crippen molar-refractivity contribution in [1.29, 1.82) is 0 Å². The summed E-state index contributed by atoms with van der Waals surface area (Å²) in [5, 5.41) is 0. The Hall–Kier alpha value is -1.65. The van der Waals surface area contributed by atoms with Crippen LogP contribution in [0, 0.1) is 0 Å². The SMILES string of the molecule is CCCCCCCCCCCCCCn1cnc2c(=O)n3c(nc21)CCCCC3. The Balaban J connectivity index is 1.37. The summed E-state index contributed by atoms with van der Waals surface area (Å²) in [7, 11) is 0. The van der Waals surface area contributed by atoms with Gasteiger partial charge in [0.25, 0.3) is 5.56 Å². The van der Waals surface area contributed by atoms with Gasteiger partial charge < -0.3 is 4.57 Å². The number of imidazole rings is 1. The van der Waals surface area contributed by atoms with Gasteiger partial charge in [-0.15, -0.1) is 0 Å². The maximum absolute atomic E-state index is 12.8. The Morgan fingerprint density at radius 2 is 1.52 bits per heavy atom. The van der Waals surface area contributed by atoms with Crippen molar-refractivity contribution < 1.29 is 0 Å². The summed E-state index contributed by atoms with van der Waals surface area (Å²) in [6.45, 7) is 3.99. The zero-order valence-corrected chi connectivity index (χ0v) is 18.5. The van der Waals surface area contributed by atoms with Crippen LogP contribution >= 0.6 is 0 Å². The topological polar surface area (TPSA) is 52.7 Å². The van der Waals surface area contributed by atoms with E-state index in [0.29, 0.717) is 5.52 Å². The first-order chi connectivity index (χ1) is 14.3. The monoisotopic (exact) mass is 400 g/mol. The first-order valence-electron chi connectivity index (χ1n) is 12.3. The summed E-state index contributed by atoms with van der Waals surface area (Å²) in [5.41, 5.74) is 1.40. The molecule has 0 aromatic carbocycles. The second-order valence-corrected chi connectivity index (χ2v) is 8.79. The van der Waals surface area contributed by atoms with E-state index in [1.165, 1.54) is 77.0 Å². The molecule has 0 fully saturated rings. The number of hydrogen-bond acceptors (Lipinski definition) is 3. The number of hydrogen-bond donors (Lipinski definition) is 0. The highest BCUT2D eigenvalue weighted by atomic mass is 16.1.